The average molecular weight is 904 g/mol. The van der Waals surface area contributed by atoms with Gasteiger partial charge in [0.1, 0.15) is 24.4 Å². The molecule has 1 amide bonds. The van der Waals surface area contributed by atoms with Gasteiger partial charge >= 0.3 is 0 Å². The predicted molar refractivity (Wildman–Crippen MR) is 271 cm³/mol. The topological polar surface area (TPSA) is 149 Å². The van der Waals surface area contributed by atoms with Crippen LogP contribution in [0.4, 0.5) is 0 Å². The van der Waals surface area contributed by atoms with Crippen molar-refractivity contribution in [2.75, 3.05) is 13.2 Å². The van der Waals surface area contributed by atoms with Crippen molar-refractivity contribution in [1.29, 1.82) is 0 Å². The molecule has 0 aromatic rings. The first kappa shape index (κ1) is 59.3. The molecule has 0 bridgehead atoms. The van der Waals surface area contributed by atoms with Gasteiger partial charge in [0, 0.05) is 6.42 Å². The lowest BCUT2D eigenvalue weighted by molar-refractivity contribution is -0.302. The number of amides is 1. The van der Waals surface area contributed by atoms with Crippen LogP contribution in [-0.2, 0) is 14.3 Å². The first-order valence-corrected chi connectivity index (χ1v) is 24.9. The number of aliphatic hydroxyl groups excluding tert-OH is 5. The normalized spacial score (nSPS) is 21.1. The standard InChI is InChI=1S/C56H89NO8/c1-3-5-7-9-10-11-12-13-14-15-16-17-18-19-20-21-22-23-24-25-26-27-28-29-30-31-32-33-34-35-36-37-38-39-40-42-44-46-52(60)57-49(50(59)45-43-41-8-6-4-2)48-64-56-55(63)54(62)53(61)51(47-58)65-56/h5,7,10-11,13-14,16-17,19-20,22-23,25-26,28-29,31-32,34-35,43,45,49-51,53-56,58-59,61-63H,3-4,6,8-9,12,15,18,21,24,27,30,33,36-42,44,46-48H2,1-2H3,(H,57,60)/b7-5-,11-10-,14-13-,17-16-,20-19-,23-22-,26-25-,29-28-,32-31-,35-34-,45-43+. The van der Waals surface area contributed by atoms with E-state index < -0.39 is 49.5 Å². The summed E-state index contributed by atoms with van der Waals surface area (Å²) in [7, 11) is 0. The number of carbonyl (C=O) groups is 1. The monoisotopic (exact) mass is 904 g/mol. The van der Waals surface area contributed by atoms with Gasteiger partial charge in [-0.2, -0.15) is 0 Å². The SMILES string of the molecule is CC/C=C\C/C=C\C/C=C\C/C=C\C/C=C\C/C=C\C/C=C\C/C=C\C/C=C\C/C=C\CCCCCCCCC(=O)NC(COC1OC(CO)C(O)C(O)C1O)C(O)/C=C/CCCCC. The molecule has 7 atom stereocenters. The van der Waals surface area contributed by atoms with Crippen molar-refractivity contribution in [1.82, 2.24) is 5.32 Å². The number of ether oxygens (including phenoxy) is 2. The maximum Gasteiger partial charge on any atom is 0.220 e. The molecule has 0 aromatic heterocycles. The molecule has 65 heavy (non-hydrogen) atoms. The second-order valence-electron chi connectivity index (χ2n) is 16.5. The van der Waals surface area contributed by atoms with Crippen LogP contribution in [0.25, 0.3) is 0 Å². The minimum Gasteiger partial charge on any atom is -0.394 e. The van der Waals surface area contributed by atoms with E-state index in [0.29, 0.717) is 6.42 Å². The van der Waals surface area contributed by atoms with E-state index >= 15 is 0 Å². The minimum absolute atomic E-state index is 0.206. The smallest absolute Gasteiger partial charge is 0.220 e. The Labute approximate surface area is 394 Å². The zero-order valence-electron chi connectivity index (χ0n) is 40.2. The molecule has 6 N–H and O–H groups in total. The highest BCUT2D eigenvalue weighted by molar-refractivity contribution is 5.76. The minimum atomic E-state index is -1.57. The summed E-state index contributed by atoms with van der Waals surface area (Å²) < 4.78 is 11.1. The van der Waals surface area contributed by atoms with E-state index in [0.717, 1.165) is 135 Å². The Kier molecular flexibility index (Phi) is 40.3. The number of allylic oxidation sites excluding steroid dienone is 21. The lowest BCUT2D eigenvalue weighted by Gasteiger charge is -2.40. The summed E-state index contributed by atoms with van der Waals surface area (Å²) in [5, 5.41) is 53.7. The third-order valence-corrected chi connectivity index (χ3v) is 10.7. The number of rotatable bonds is 39. The highest BCUT2D eigenvalue weighted by Crippen LogP contribution is 2.22. The third kappa shape index (κ3) is 34.3. The maximum atomic E-state index is 12.9. The zero-order valence-corrected chi connectivity index (χ0v) is 40.2. The van der Waals surface area contributed by atoms with Crippen molar-refractivity contribution in [3.8, 4) is 0 Å². The van der Waals surface area contributed by atoms with Crippen LogP contribution >= 0.6 is 0 Å². The average Bonchev–Trinajstić information content (AvgIpc) is 3.31. The Balaban J connectivity index is 2.12. The number of aliphatic hydroxyl groups is 5. The Bertz CT molecular complexity index is 1470. The summed E-state index contributed by atoms with van der Waals surface area (Å²) in [4.78, 5) is 12.9. The number of unbranched alkanes of at least 4 members (excludes halogenated alkanes) is 9. The van der Waals surface area contributed by atoms with Crippen LogP contribution in [0.2, 0.25) is 0 Å². The zero-order chi connectivity index (χ0) is 47.3. The highest BCUT2D eigenvalue weighted by Gasteiger charge is 2.44. The molecular weight excluding hydrogens is 815 g/mol. The summed E-state index contributed by atoms with van der Waals surface area (Å²) in [5.41, 5.74) is 0. The van der Waals surface area contributed by atoms with E-state index in [2.05, 4.69) is 141 Å². The molecule has 1 rings (SSSR count). The fourth-order valence-electron chi connectivity index (χ4n) is 6.77. The molecule has 0 saturated carbocycles. The molecule has 0 radical (unpaired) electrons. The molecule has 1 heterocycles. The van der Waals surface area contributed by atoms with Crippen LogP contribution in [0.15, 0.2) is 134 Å². The van der Waals surface area contributed by atoms with Gasteiger partial charge in [-0.15, -0.1) is 0 Å². The molecule has 0 aliphatic carbocycles. The van der Waals surface area contributed by atoms with Crippen LogP contribution in [-0.4, -0.2) is 87.5 Å². The lowest BCUT2D eigenvalue weighted by atomic mass is 9.99. The Morgan fingerprint density at radius 1 is 0.538 bits per heavy atom. The van der Waals surface area contributed by atoms with E-state index in [9.17, 15) is 30.3 Å². The summed E-state index contributed by atoms with van der Waals surface area (Å²) in [6.07, 6.45) is 61.4. The number of hydrogen-bond donors (Lipinski definition) is 6. The van der Waals surface area contributed by atoms with Gasteiger partial charge in [0.2, 0.25) is 5.91 Å². The Morgan fingerprint density at radius 3 is 1.42 bits per heavy atom. The van der Waals surface area contributed by atoms with Crippen LogP contribution < -0.4 is 5.32 Å². The summed E-state index contributed by atoms with van der Waals surface area (Å²) in [5.74, 6) is -0.207. The van der Waals surface area contributed by atoms with Crippen LogP contribution in [0.1, 0.15) is 155 Å². The van der Waals surface area contributed by atoms with Crippen molar-refractivity contribution in [2.45, 2.75) is 198 Å². The molecule has 9 nitrogen and oxygen atoms in total. The summed E-state index contributed by atoms with van der Waals surface area (Å²) in [6, 6.07) is -0.818. The summed E-state index contributed by atoms with van der Waals surface area (Å²) in [6.45, 7) is 3.50. The van der Waals surface area contributed by atoms with Gasteiger partial charge < -0.3 is 40.3 Å². The Morgan fingerprint density at radius 2 is 0.954 bits per heavy atom. The molecule has 0 spiro atoms. The van der Waals surface area contributed by atoms with Crippen molar-refractivity contribution in [2.24, 2.45) is 0 Å². The van der Waals surface area contributed by atoms with Crippen molar-refractivity contribution in [3.05, 3.63) is 134 Å². The molecule has 1 aliphatic heterocycles. The van der Waals surface area contributed by atoms with Crippen molar-refractivity contribution < 1.29 is 39.8 Å². The van der Waals surface area contributed by atoms with E-state index in [1.807, 2.05) is 6.08 Å². The highest BCUT2D eigenvalue weighted by atomic mass is 16.7. The van der Waals surface area contributed by atoms with E-state index in [1.54, 1.807) is 6.08 Å². The molecule has 0 aromatic carbocycles. The van der Waals surface area contributed by atoms with Gasteiger partial charge in [0.05, 0.1) is 25.4 Å². The van der Waals surface area contributed by atoms with Crippen molar-refractivity contribution in [3.63, 3.8) is 0 Å². The van der Waals surface area contributed by atoms with Crippen LogP contribution in [0, 0.1) is 0 Å². The largest absolute Gasteiger partial charge is 0.394 e. The molecule has 7 unspecified atom stereocenters. The van der Waals surface area contributed by atoms with E-state index in [1.165, 1.54) is 0 Å². The van der Waals surface area contributed by atoms with E-state index in [4.69, 9.17) is 9.47 Å². The van der Waals surface area contributed by atoms with Gasteiger partial charge in [0.25, 0.3) is 0 Å². The first-order valence-electron chi connectivity index (χ1n) is 24.9. The molecular formula is C56H89NO8. The number of carbonyl (C=O) groups excluding carboxylic acids is 1. The fraction of sp³-hybridized carbons (Fsp3) is 0.589. The lowest BCUT2D eigenvalue weighted by Crippen LogP contribution is -2.60. The molecule has 9 heteroatoms. The number of hydrogen-bond acceptors (Lipinski definition) is 8. The second kappa shape index (κ2) is 44.2. The summed E-state index contributed by atoms with van der Waals surface area (Å²) >= 11 is 0. The first-order chi connectivity index (χ1) is 31.8. The second-order valence-corrected chi connectivity index (χ2v) is 16.5. The fourth-order valence-corrected chi connectivity index (χ4v) is 6.77. The maximum absolute atomic E-state index is 12.9. The van der Waals surface area contributed by atoms with E-state index in [-0.39, 0.29) is 12.5 Å². The van der Waals surface area contributed by atoms with Gasteiger partial charge in [-0.3, -0.25) is 4.79 Å². The molecule has 1 fully saturated rings. The molecule has 366 valence electrons. The van der Waals surface area contributed by atoms with Crippen molar-refractivity contribution >= 4 is 5.91 Å². The van der Waals surface area contributed by atoms with Gasteiger partial charge in [-0.1, -0.05) is 186 Å². The number of nitrogens with one attached hydrogen (secondary N) is 1. The van der Waals surface area contributed by atoms with Crippen LogP contribution in [0.3, 0.4) is 0 Å². The van der Waals surface area contributed by atoms with Gasteiger partial charge in [-0.05, 0) is 96.3 Å². The third-order valence-electron chi connectivity index (χ3n) is 10.7. The predicted octanol–water partition coefficient (Wildman–Crippen LogP) is 11.4. The quantitative estimate of drug-likeness (QED) is 0.0264. The molecule has 1 aliphatic rings. The van der Waals surface area contributed by atoms with Gasteiger partial charge in [-0.25, -0.2) is 0 Å². The molecule has 1 saturated heterocycles. The Hall–Kier alpha value is -3.67. The van der Waals surface area contributed by atoms with Gasteiger partial charge in [0.15, 0.2) is 6.29 Å². The van der Waals surface area contributed by atoms with Crippen LogP contribution in [0.5, 0.6) is 0 Å².